The van der Waals surface area contributed by atoms with Gasteiger partial charge in [-0.3, -0.25) is 4.79 Å². The number of nitrogens with zero attached hydrogens (tertiary/aromatic N) is 2. The second-order valence-corrected chi connectivity index (χ2v) is 4.80. The minimum atomic E-state index is 0. The lowest BCUT2D eigenvalue weighted by Crippen LogP contribution is -2.08. The zero-order chi connectivity index (χ0) is 13.2. The van der Waals surface area contributed by atoms with E-state index in [0.29, 0.717) is 17.1 Å². The first kappa shape index (κ1) is 14.6. The van der Waals surface area contributed by atoms with Crippen molar-refractivity contribution < 1.29 is 4.79 Å². The molecule has 0 unspecified atom stereocenters. The second kappa shape index (κ2) is 6.07. The third-order valence-electron chi connectivity index (χ3n) is 3.01. The third kappa shape index (κ3) is 3.00. The molecule has 2 aromatic carbocycles. The van der Waals surface area contributed by atoms with Gasteiger partial charge in [-0.2, -0.15) is 0 Å². The lowest BCUT2D eigenvalue weighted by molar-refractivity contribution is 0.0972. The van der Waals surface area contributed by atoms with Crippen LogP contribution in [0.25, 0.3) is 10.8 Å². The van der Waals surface area contributed by atoms with Gasteiger partial charge in [0.25, 0.3) is 0 Å². The molecule has 3 nitrogen and oxygen atoms in total. The van der Waals surface area contributed by atoms with E-state index in [-0.39, 0.29) is 18.2 Å². The maximum atomic E-state index is 12.1. The zero-order valence-corrected chi connectivity index (χ0v) is 12.1. The van der Waals surface area contributed by atoms with E-state index in [1.807, 2.05) is 36.4 Å². The molecule has 0 aliphatic rings. The molecule has 0 aliphatic carbocycles. The molecule has 0 bridgehead atoms. The maximum Gasteiger partial charge on any atom is 0.182 e. The fourth-order valence-electron chi connectivity index (χ4n) is 2.03. The van der Waals surface area contributed by atoms with Gasteiger partial charge in [0.1, 0.15) is 0 Å². The van der Waals surface area contributed by atoms with Crippen LogP contribution in [0, 0.1) is 0 Å². The second-order valence-electron chi connectivity index (χ2n) is 4.36. The van der Waals surface area contributed by atoms with Crippen molar-refractivity contribution in [1.29, 1.82) is 0 Å². The quantitative estimate of drug-likeness (QED) is 0.686. The maximum absolute atomic E-state index is 12.1. The molecule has 0 N–H and O–H groups in total. The number of benzene rings is 2. The first-order valence-corrected chi connectivity index (χ1v) is 6.28. The fraction of sp³-hybridized carbons (Fsp3) is 0.0667. The van der Waals surface area contributed by atoms with Gasteiger partial charge in [-0.25, -0.2) is 4.98 Å². The van der Waals surface area contributed by atoms with E-state index in [1.165, 1.54) is 0 Å². The molecule has 3 aromatic rings. The summed E-state index contributed by atoms with van der Waals surface area (Å²) in [6.45, 7) is 0.305. The van der Waals surface area contributed by atoms with Crippen LogP contribution in [-0.2, 0) is 6.54 Å². The Morgan fingerprint density at radius 3 is 2.65 bits per heavy atom. The lowest BCUT2D eigenvalue weighted by atomic mass is 10.0. The van der Waals surface area contributed by atoms with Crippen LogP contribution < -0.4 is 0 Å². The van der Waals surface area contributed by atoms with Crippen LogP contribution in [0.4, 0.5) is 0 Å². The van der Waals surface area contributed by atoms with Crippen molar-refractivity contribution in [1.82, 2.24) is 9.55 Å². The van der Waals surface area contributed by atoms with Gasteiger partial charge in [0.05, 0.1) is 12.9 Å². The molecular weight excluding hydrogens is 295 g/mol. The lowest BCUT2D eigenvalue weighted by Gasteiger charge is -2.04. The van der Waals surface area contributed by atoms with Gasteiger partial charge in [0.2, 0.25) is 0 Å². The van der Waals surface area contributed by atoms with Gasteiger partial charge in [-0.1, -0.05) is 29.8 Å². The average molecular weight is 307 g/mol. The number of rotatable bonds is 3. The predicted octanol–water partition coefficient (Wildman–Crippen LogP) is 3.99. The summed E-state index contributed by atoms with van der Waals surface area (Å²) in [5.74, 6) is 0.0647. The molecule has 0 spiro atoms. The van der Waals surface area contributed by atoms with Crippen molar-refractivity contribution >= 4 is 40.6 Å². The highest BCUT2D eigenvalue weighted by Crippen LogP contribution is 2.21. The van der Waals surface area contributed by atoms with E-state index in [0.717, 1.165) is 10.8 Å². The number of ketones is 1. The van der Waals surface area contributed by atoms with E-state index >= 15 is 0 Å². The molecule has 3 rings (SSSR count). The molecule has 20 heavy (non-hydrogen) atoms. The van der Waals surface area contributed by atoms with Crippen molar-refractivity contribution in [2.45, 2.75) is 6.54 Å². The number of Topliss-reactive ketones (excluding diaryl/α,β-unsaturated/α-hetero) is 1. The number of hydrogen-bond donors (Lipinski definition) is 0. The van der Waals surface area contributed by atoms with E-state index in [2.05, 4.69) is 4.98 Å². The largest absolute Gasteiger partial charge is 0.330 e. The third-order valence-corrected chi connectivity index (χ3v) is 3.24. The van der Waals surface area contributed by atoms with Crippen LogP contribution >= 0.6 is 24.0 Å². The number of carbonyl (C=O) groups is 1. The van der Waals surface area contributed by atoms with E-state index in [1.54, 1.807) is 23.3 Å². The Hall–Kier alpha value is -1.84. The minimum Gasteiger partial charge on any atom is -0.330 e. The monoisotopic (exact) mass is 306 g/mol. The molecule has 0 fully saturated rings. The number of halogens is 2. The molecule has 0 amide bonds. The normalized spacial score (nSPS) is 10.2. The molecule has 102 valence electrons. The predicted molar refractivity (Wildman–Crippen MR) is 82.8 cm³/mol. The topological polar surface area (TPSA) is 34.9 Å². The summed E-state index contributed by atoms with van der Waals surface area (Å²) in [7, 11) is 0. The van der Waals surface area contributed by atoms with Crippen LogP contribution in [0.5, 0.6) is 0 Å². The molecule has 0 aliphatic heterocycles. The Morgan fingerprint density at radius 2 is 1.90 bits per heavy atom. The number of imidazole rings is 1. The standard InChI is InChI=1S/C15H11ClN2O.ClH/c16-14-4-3-11-7-13(2-1-12(11)8-14)15(19)9-18-6-5-17-10-18;/h1-8,10H,9H2;1H. The molecule has 0 saturated heterocycles. The van der Waals surface area contributed by atoms with Gasteiger partial charge in [0, 0.05) is 23.0 Å². The summed E-state index contributed by atoms with van der Waals surface area (Å²) in [4.78, 5) is 16.1. The van der Waals surface area contributed by atoms with E-state index in [9.17, 15) is 4.79 Å². The Labute approximate surface area is 127 Å². The Kier molecular flexibility index (Phi) is 4.42. The van der Waals surface area contributed by atoms with Crippen LogP contribution in [0.15, 0.2) is 55.1 Å². The Balaban J connectivity index is 0.00000147. The van der Waals surface area contributed by atoms with Crippen molar-refractivity contribution in [3.63, 3.8) is 0 Å². The zero-order valence-electron chi connectivity index (χ0n) is 10.5. The summed E-state index contributed by atoms with van der Waals surface area (Å²) < 4.78 is 1.76. The molecule has 0 saturated carbocycles. The highest BCUT2D eigenvalue weighted by atomic mass is 35.5. The van der Waals surface area contributed by atoms with Crippen molar-refractivity contribution in [3.05, 3.63) is 65.7 Å². The van der Waals surface area contributed by atoms with Crippen LogP contribution in [0.1, 0.15) is 10.4 Å². The summed E-state index contributed by atoms with van der Waals surface area (Å²) >= 11 is 5.94. The van der Waals surface area contributed by atoms with Gasteiger partial charge >= 0.3 is 0 Å². The molecule has 1 aromatic heterocycles. The van der Waals surface area contributed by atoms with Crippen molar-refractivity contribution in [3.8, 4) is 0 Å². The van der Waals surface area contributed by atoms with Gasteiger partial charge in [0.15, 0.2) is 5.78 Å². The fourth-order valence-corrected chi connectivity index (χ4v) is 2.21. The Morgan fingerprint density at radius 1 is 1.15 bits per heavy atom. The molecule has 1 heterocycles. The summed E-state index contributed by atoms with van der Waals surface area (Å²) in [5, 5.41) is 2.75. The van der Waals surface area contributed by atoms with Crippen LogP contribution in [0.2, 0.25) is 5.02 Å². The van der Waals surface area contributed by atoms with Gasteiger partial charge in [-0.15, -0.1) is 12.4 Å². The van der Waals surface area contributed by atoms with Gasteiger partial charge < -0.3 is 4.57 Å². The van der Waals surface area contributed by atoms with Crippen LogP contribution in [-0.4, -0.2) is 15.3 Å². The molecule has 0 atom stereocenters. The smallest absolute Gasteiger partial charge is 0.182 e. The number of hydrogen-bond acceptors (Lipinski definition) is 2. The minimum absolute atomic E-state index is 0. The summed E-state index contributed by atoms with van der Waals surface area (Å²) in [5.41, 5.74) is 0.698. The molecular formula is C15H12Cl2N2O. The Bertz CT molecular complexity index is 739. The number of carbonyl (C=O) groups excluding carboxylic acids is 1. The molecule has 0 radical (unpaired) electrons. The van der Waals surface area contributed by atoms with Gasteiger partial charge in [-0.05, 0) is 29.0 Å². The first-order chi connectivity index (χ1) is 9.22. The summed E-state index contributed by atoms with van der Waals surface area (Å²) in [6.07, 6.45) is 5.08. The number of aromatic nitrogens is 2. The average Bonchev–Trinajstić information content (AvgIpc) is 2.91. The number of fused-ring (bicyclic) bond motifs is 1. The first-order valence-electron chi connectivity index (χ1n) is 5.91. The molecule has 5 heteroatoms. The highest BCUT2D eigenvalue weighted by Gasteiger charge is 2.07. The highest BCUT2D eigenvalue weighted by molar-refractivity contribution is 6.31. The van der Waals surface area contributed by atoms with E-state index < -0.39 is 0 Å². The van der Waals surface area contributed by atoms with Crippen molar-refractivity contribution in [2.24, 2.45) is 0 Å². The summed E-state index contributed by atoms with van der Waals surface area (Å²) in [6, 6.07) is 11.3. The van der Waals surface area contributed by atoms with Crippen LogP contribution in [0.3, 0.4) is 0 Å². The SMILES string of the molecule is Cl.O=C(Cn1ccnc1)c1ccc2cc(Cl)ccc2c1. The van der Waals surface area contributed by atoms with E-state index in [4.69, 9.17) is 11.6 Å². The van der Waals surface area contributed by atoms with Crippen molar-refractivity contribution in [2.75, 3.05) is 0 Å².